The Morgan fingerprint density at radius 1 is 1.25 bits per heavy atom. The van der Waals surface area contributed by atoms with E-state index in [1.807, 2.05) is 18.2 Å². The molecule has 0 spiro atoms. The van der Waals surface area contributed by atoms with Crippen molar-refractivity contribution in [3.63, 3.8) is 0 Å². The van der Waals surface area contributed by atoms with Gasteiger partial charge in [0, 0.05) is 26.2 Å². The van der Waals surface area contributed by atoms with Crippen LogP contribution < -0.4 is 55.8 Å². The standard InChI is InChI=1S/C13H21N3O3.Na/c14-6-7-15-8-9-16-12(13(17)18)10-19-11-4-2-1-3-5-11;/h1-5,12,15-16H,6-10,14H2,(H,17,18);/q;+1/p-1. The maximum absolute atomic E-state index is 10.9. The largest absolute Gasteiger partial charge is 1.00 e. The van der Waals surface area contributed by atoms with Crippen molar-refractivity contribution in [1.82, 2.24) is 10.6 Å². The van der Waals surface area contributed by atoms with Crippen molar-refractivity contribution >= 4 is 5.97 Å². The molecule has 0 aliphatic rings. The second kappa shape index (κ2) is 12.1. The first-order chi connectivity index (χ1) is 9.24. The minimum Gasteiger partial charge on any atom is -0.548 e. The van der Waals surface area contributed by atoms with Crippen molar-refractivity contribution in [2.45, 2.75) is 6.04 Å². The molecule has 0 aromatic heterocycles. The fourth-order valence-corrected chi connectivity index (χ4v) is 1.47. The third kappa shape index (κ3) is 8.52. The number of hydrogen-bond donors (Lipinski definition) is 3. The van der Waals surface area contributed by atoms with Gasteiger partial charge in [-0.1, -0.05) is 18.2 Å². The van der Waals surface area contributed by atoms with Crippen molar-refractivity contribution < 1.29 is 44.2 Å². The Hall–Kier alpha value is -0.630. The Balaban J connectivity index is 0.00000361. The smallest absolute Gasteiger partial charge is 0.548 e. The second-order valence-electron chi connectivity index (χ2n) is 3.99. The van der Waals surface area contributed by atoms with E-state index in [-0.39, 0.29) is 36.2 Å². The van der Waals surface area contributed by atoms with Gasteiger partial charge in [-0.05, 0) is 12.1 Å². The molecule has 0 bridgehead atoms. The fraction of sp³-hybridized carbons (Fsp3) is 0.462. The van der Waals surface area contributed by atoms with Crippen LogP contribution in [0.15, 0.2) is 30.3 Å². The van der Waals surface area contributed by atoms with Gasteiger partial charge in [0.2, 0.25) is 0 Å². The van der Waals surface area contributed by atoms with E-state index in [4.69, 9.17) is 10.5 Å². The van der Waals surface area contributed by atoms with Gasteiger partial charge in [0.25, 0.3) is 0 Å². The number of ether oxygens (including phenoxy) is 1. The van der Waals surface area contributed by atoms with Gasteiger partial charge in [-0.3, -0.25) is 0 Å². The summed E-state index contributed by atoms with van der Waals surface area (Å²) in [5, 5.41) is 16.9. The summed E-state index contributed by atoms with van der Waals surface area (Å²) < 4.78 is 5.38. The number of para-hydroxylation sites is 1. The Morgan fingerprint density at radius 3 is 2.55 bits per heavy atom. The predicted molar refractivity (Wildman–Crippen MR) is 70.7 cm³/mol. The van der Waals surface area contributed by atoms with Crippen LogP contribution in [0.2, 0.25) is 0 Å². The molecule has 0 radical (unpaired) electrons. The van der Waals surface area contributed by atoms with Crippen LogP contribution in [0.4, 0.5) is 0 Å². The molecule has 4 N–H and O–H groups in total. The Kier molecular flexibility index (Phi) is 11.8. The summed E-state index contributed by atoms with van der Waals surface area (Å²) in [6, 6.07) is 8.23. The first kappa shape index (κ1) is 19.4. The molecule has 1 unspecified atom stereocenters. The van der Waals surface area contributed by atoms with Gasteiger partial charge in [-0.25, -0.2) is 0 Å². The molecule has 20 heavy (non-hydrogen) atoms. The number of carboxylic acids is 1. The van der Waals surface area contributed by atoms with Crippen LogP contribution in [0.25, 0.3) is 0 Å². The SMILES string of the molecule is NCCNCCNC(COc1ccccc1)C(=O)[O-].[Na+]. The first-order valence-corrected chi connectivity index (χ1v) is 6.27. The first-order valence-electron chi connectivity index (χ1n) is 6.27. The van der Waals surface area contributed by atoms with Gasteiger partial charge in [-0.15, -0.1) is 0 Å². The van der Waals surface area contributed by atoms with Crippen molar-refractivity contribution in [2.24, 2.45) is 5.73 Å². The van der Waals surface area contributed by atoms with Crippen LogP contribution in [0.5, 0.6) is 5.75 Å². The summed E-state index contributed by atoms with van der Waals surface area (Å²) in [4.78, 5) is 10.9. The maximum atomic E-state index is 10.9. The summed E-state index contributed by atoms with van der Waals surface area (Å²) in [5.41, 5.74) is 5.32. The molecule has 0 fully saturated rings. The van der Waals surface area contributed by atoms with Crippen LogP contribution in [0.3, 0.4) is 0 Å². The van der Waals surface area contributed by atoms with Gasteiger partial charge in [0.1, 0.15) is 12.4 Å². The number of aliphatic carboxylic acids is 1. The average molecular weight is 289 g/mol. The minimum absolute atomic E-state index is 0. The molecule has 106 valence electrons. The number of carbonyl (C=O) groups excluding carboxylic acids is 1. The molecule has 1 aromatic carbocycles. The number of hydrogen-bond acceptors (Lipinski definition) is 6. The molecule has 0 saturated carbocycles. The summed E-state index contributed by atoms with van der Waals surface area (Å²) in [5.74, 6) is -0.536. The summed E-state index contributed by atoms with van der Waals surface area (Å²) in [7, 11) is 0. The molecule has 7 heteroatoms. The fourth-order valence-electron chi connectivity index (χ4n) is 1.47. The van der Waals surface area contributed by atoms with Crippen LogP contribution in [0, 0.1) is 0 Å². The third-order valence-electron chi connectivity index (χ3n) is 2.46. The molecular weight excluding hydrogens is 269 g/mol. The third-order valence-corrected chi connectivity index (χ3v) is 2.46. The number of carboxylic acid groups (broad SMARTS) is 1. The predicted octanol–water partition coefficient (Wildman–Crippen LogP) is -4.67. The zero-order valence-corrected chi connectivity index (χ0v) is 13.8. The molecule has 1 aromatic rings. The van der Waals surface area contributed by atoms with Crippen LogP contribution >= 0.6 is 0 Å². The maximum Gasteiger partial charge on any atom is 1.00 e. The molecule has 1 atom stereocenters. The molecule has 0 aliphatic carbocycles. The number of nitrogens with two attached hydrogens (primary N) is 1. The van der Waals surface area contributed by atoms with E-state index >= 15 is 0 Å². The number of carbonyl (C=O) groups is 1. The van der Waals surface area contributed by atoms with Crippen LogP contribution in [0.1, 0.15) is 0 Å². The Morgan fingerprint density at radius 2 is 1.95 bits per heavy atom. The van der Waals surface area contributed by atoms with Gasteiger partial charge in [0.15, 0.2) is 0 Å². The zero-order valence-electron chi connectivity index (χ0n) is 11.8. The molecule has 0 aliphatic heterocycles. The van der Waals surface area contributed by atoms with E-state index in [1.54, 1.807) is 12.1 Å². The minimum atomic E-state index is -1.17. The summed E-state index contributed by atoms with van der Waals surface area (Å²) in [6.07, 6.45) is 0. The zero-order chi connectivity index (χ0) is 13.9. The van der Waals surface area contributed by atoms with E-state index in [0.717, 1.165) is 0 Å². The van der Waals surface area contributed by atoms with Gasteiger partial charge in [-0.2, -0.15) is 0 Å². The Labute approximate surface area is 141 Å². The van der Waals surface area contributed by atoms with E-state index < -0.39 is 12.0 Å². The molecule has 0 amide bonds. The monoisotopic (exact) mass is 289 g/mol. The summed E-state index contributed by atoms with van der Waals surface area (Å²) in [6.45, 7) is 2.45. The van der Waals surface area contributed by atoms with Crippen LogP contribution in [-0.4, -0.2) is 44.8 Å². The number of benzene rings is 1. The van der Waals surface area contributed by atoms with Crippen molar-refractivity contribution in [1.29, 1.82) is 0 Å². The molecular formula is C13H20N3NaO3. The van der Waals surface area contributed by atoms with Crippen molar-refractivity contribution in [2.75, 3.05) is 32.8 Å². The summed E-state index contributed by atoms with van der Waals surface area (Å²) >= 11 is 0. The van der Waals surface area contributed by atoms with E-state index in [2.05, 4.69) is 10.6 Å². The van der Waals surface area contributed by atoms with E-state index in [0.29, 0.717) is 31.9 Å². The van der Waals surface area contributed by atoms with E-state index in [9.17, 15) is 9.90 Å². The van der Waals surface area contributed by atoms with Gasteiger partial charge >= 0.3 is 29.6 Å². The molecule has 1 rings (SSSR count). The second-order valence-corrected chi connectivity index (χ2v) is 3.99. The number of rotatable bonds is 10. The van der Waals surface area contributed by atoms with Crippen LogP contribution in [-0.2, 0) is 4.79 Å². The molecule has 0 saturated heterocycles. The topological polar surface area (TPSA) is 99.4 Å². The quantitative estimate of drug-likeness (QED) is 0.296. The Bertz CT molecular complexity index is 365. The average Bonchev–Trinajstić information content (AvgIpc) is 2.42. The van der Waals surface area contributed by atoms with Crippen molar-refractivity contribution in [3.8, 4) is 5.75 Å². The molecule has 6 nitrogen and oxygen atoms in total. The molecule has 0 heterocycles. The van der Waals surface area contributed by atoms with Crippen molar-refractivity contribution in [3.05, 3.63) is 30.3 Å². The van der Waals surface area contributed by atoms with Gasteiger partial charge in [0.05, 0.1) is 12.0 Å². The van der Waals surface area contributed by atoms with E-state index in [1.165, 1.54) is 0 Å². The van der Waals surface area contributed by atoms with Gasteiger partial charge < -0.3 is 31.0 Å². The normalized spacial score (nSPS) is 11.4. The number of nitrogens with one attached hydrogen (secondary N) is 2.